The zero-order chi connectivity index (χ0) is 16.9. The summed E-state index contributed by atoms with van der Waals surface area (Å²) in [5.74, 6) is -0.389. The van der Waals surface area contributed by atoms with Crippen LogP contribution >= 0.6 is 0 Å². The molecule has 0 aliphatic carbocycles. The highest BCUT2D eigenvalue weighted by Gasteiger charge is 2.23. The molecule has 7 heteroatoms. The van der Waals surface area contributed by atoms with Gasteiger partial charge >= 0.3 is 5.97 Å². The number of fused-ring (bicyclic) bond motifs is 1. The molecule has 1 aromatic carbocycles. The van der Waals surface area contributed by atoms with Gasteiger partial charge in [0.1, 0.15) is 11.8 Å². The number of aliphatic carboxylic acids is 1. The molecule has 6 nitrogen and oxygen atoms in total. The third kappa shape index (κ3) is 5.21. The molecular formula is C16H23NO5S. The number of benzene rings is 1. The van der Waals surface area contributed by atoms with Crippen LogP contribution in [-0.4, -0.2) is 37.9 Å². The van der Waals surface area contributed by atoms with Gasteiger partial charge in [0.25, 0.3) is 0 Å². The van der Waals surface area contributed by atoms with Gasteiger partial charge < -0.3 is 9.84 Å². The maximum absolute atomic E-state index is 12.1. The number of hydrogen-bond acceptors (Lipinski definition) is 4. The topological polar surface area (TPSA) is 92.7 Å². The molecule has 23 heavy (non-hydrogen) atoms. The fourth-order valence-corrected chi connectivity index (χ4v) is 3.84. The second kappa shape index (κ2) is 7.79. The molecule has 128 valence electrons. The third-order valence-corrected chi connectivity index (χ3v) is 5.26. The van der Waals surface area contributed by atoms with Crippen LogP contribution in [0.15, 0.2) is 18.2 Å². The maximum Gasteiger partial charge on any atom is 0.321 e. The van der Waals surface area contributed by atoms with Crippen molar-refractivity contribution in [1.82, 2.24) is 4.72 Å². The number of rotatable bonds is 9. The minimum atomic E-state index is -3.63. The predicted octanol–water partition coefficient (Wildman–Crippen LogP) is 1.73. The van der Waals surface area contributed by atoms with Gasteiger partial charge in [0, 0.05) is 6.42 Å². The summed E-state index contributed by atoms with van der Waals surface area (Å²) in [7, 11) is -3.63. The van der Waals surface area contributed by atoms with Crippen LogP contribution in [0.1, 0.15) is 37.3 Å². The first kappa shape index (κ1) is 17.7. The molecule has 0 saturated carbocycles. The standard InChI is InChI=1S/C16H23NO5S/c1-2-3-4-14(16(18)19)17-23(20,21)10-8-12-5-6-15-13(11-12)7-9-22-15/h5-6,11,14,17H,2-4,7-10H2,1H3,(H,18,19). The summed E-state index contributed by atoms with van der Waals surface area (Å²) < 4.78 is 32.0. The van der Waals surface area contributed by atoms with Crippen molar-refractivity contribution in [3.63, 3.8) is 0 Å². The summed E-state index contributed by atoms with van der Waals surface area (Å²) in [5.41, 5.74) is 2.01. The van der Waals surface area contributed by atoms with Gasteiger partial charge in [-0.2, -0.15) is 0 Å². The van der Waals surface area contributed by atoms with Gasteiger partial charge in [-0.15, -0.1) is 0 Å². The number of sulfonamides is 1. The number of hydrogen-bond donors (Lipinski definition) is 2. The molecule has 0 fully saturated rings. The van der Waals surface area contributed by atoms with E-state index in [1.165, 1.54) is 0 Å². The van der Waals surface area contributed by atoms with Crippen molar-refractivity contribution in [3.8, 4) is 5.75 Å². The second-order valence-corrected chi connectivity index (χ2v) is 7.63. The largest absolute Gasteiger partial charge is 0.493 e. The van der Waals surface area contributed by atoms with E-state index in [1.807, 2.05) is 25.1 Å². The van der Waals surface area contributed by atoms with Crippen molar-refractivity contribution in [2.45, 2.75) is 45.1 Å². The summed E-state index contributed by atoms with van der Waals surface area (Å²) in [6, 6.07) is 4.63. The van der Waals surface area contributed by atoms with Crippen LogP contribution in [0, 0.1) is 0 Å². The van der Waals surface area contributed by atoms with Gasteiger partial charge in [0.2, 0.25) is 10.0 Å². The fraction of sp³-hybridized carbons (Fsp3) is 0.562. The monoisotopic (exact) mass is 341 g/mol. The summed E-state index contributed by atoms with van der Waals surface area (Å²) in [6.07, 6.45) is 2.99. The van der Waals surface area contributed by atoms with Crippen LogP contribution in [0.4, 0.5) is 0 Å². The Labute approximate surface area is 136 Å². The lowest BCUT2D eigenvalue weighted by Gasteiger charge is -2.14. The van der Waals surface area contributed by atoms with Gasteiger partial charge in [-0.1, -0.05) is 31.9 Å². The van der Waals surface area contributed by atoms with Crippen molar-refractivity contribution < 1.29 is 23.1 Å². The van der Waals surface area contributed by atoms with Gasteiger partial charge in [0.15, 0.2) is 0 Å². The highest BCUT2D eigenvalue weighted by Crippen LogP contribution is 2.26. The fourth-order valence-electron chi connectivity index (χ4n) is 2.56. The van der Waals surface area contributed by atoms with Crippen LogP contribution in [0.25, 0.3) is 0 Å². The number of carboxylic acid groups (broad SMARTS) is 1. The lowest BCUT2D eigenvalue weighted by Crippen LogP contribution is -2.42. The normalized spacial score (nSPS) is 15.0. The molecule has 1 unspecified atom stereocenters. The molecule has 0 aromatic heterocycles. The van der Waals surface area contributed by atoms with Gasteiger partial charge in [0.05, 0.1) is 12.4 Å². The number of ether oxygens (including phenoxy) is 1. The molecule has 0 saturated heterocycles. The minimum absolute atomic E-state index is 0.122. The molecule has 1 aliphatic rings. The van der Waals surface area contributed by atoms with Crippen LogP contribution in [0.2, 0.25) is 0 Å². The van der Waals surface area contributed by atoms with Crippen LogP contribution in [0.3, 0.4) is 0 Å². The summed E-state index contributed by atoms with van der Waals surface area (Å²) in [5, 5.41) is 9.11. The Balaban J connectivity index is 1.93. The molecule has 1 atom stereocenters. The Hall–Kier alpha value is -1.60. The highest BCUT2D eigenvalue weighted by molar-refractivity contribution is 7.89. The van der Waals surface area contributed by atoms with Crippen LogP contribution in [-0.2, 0) is 27.7 Å². The zero-order valence-corrected chi connectivity index (χ0v) is 14.1. The van der Waals surface area contributed by atoms with Crippen molar-refractivity contribution in [3.05, 3.63) is 29.3 Å². The number of nitrogens with one attached hydrogen (secondary N) is 1. The van der Waals surface area contributed by atoms with E-state index in [9.17, 15) is 13.2 Å². The zero-order valence-electron chi connectivity index (χ0n) is 13.2. The van der Waals surface area contributed by atoms with Crippen molar-refractivity contribution in [2.24, 2.45) is 0 Å². The van der Waals surface area contributed by atoms with Gasteiger partial charge in [-0.3, -0.25) is 4.79 Å². The Bertz CT molecular complexity index is 656. The van der Waals surface area contributed by atoms with Crippen LogP contribution < -0.4 is 9.46 Å². The first-order chi connectivity index (χ1) is 10.9. The predicted molar refractivity (Wildman–Crippen MR) is 87.2 cm³/mol. The molecule has 0 radical (unpaired) electrons. The molecule has 1 aliphatic heterocycles. The summed E-state index contributed by atoms with van der Waals surface area (Å²) in [4.78, 5) is 11.1. The molecule has 2 rings (SSSR count). The molecule has 0 spiro atoms. The SMILES string of the molecule is CCCCC(NS(=O)(=O)CCc1ccc2c(c1)CCO2)C(=O)O. The van der Waals surface area contributed by atoms with Crippen molar-refractivity contribution in [1.29, 1.82) is 0 Å². The second-order valence-electron chi connectivity index (χ2n) is 5.76. The van der Waals surface area contributed by atoms with E-state index >= 15 is 0 Å². The van der Waals surface area contributed by atoms with Crippen molar-refractivity contribution >= 4 is 16.0 Å². The number of carbonyl (C=O) groups is 1. The van der Waals surface area contributed by atoms with E-state index in [0.717, 1.165) is 29.7 Å². The van der Waals surface area contributed by atoms with Crippen LogP contribution in [0.5, 0.6) is 5.75 Å². The van der Waals surface area contributed by atoms with Gasteiger partial charge in [-0.25, -0.2) is 13.1 Å². The lowest BCUT2D eigenvalue weighted by molar-refractivity contribution is -0.139. The Morgan fingerprint density at radius 2 is 2.22 bits per heavy atom. The van der Waals surface area contributed by atoms with E-state index in [0.29, 0.717) is 25.9 Å². The average Bonchev–Trinajstić information content (AvgIpc) is 2.97. The number of aryl methyl sites for hydroxylation is 1. The molecule has 1 heterocycles. The first-order valence-corrected chi connectivity index (χ1v) is 9.54. The van der Waals surface area contributed by atoms with E-state index in [1.54, 1.807) is 0 Å². The first-order valence-electron chi connectivity index (χ1n) is 7.88. The molecular weight excluding hydrogens is 318 g/mol. The minimum Gasteiger partial charge on any atom is -0.493 e. The van der Waals surface area contributed by atoms with Gasteiger partial charge in [-0.05, 0) is 30.0 Å². The number of carboxylic acids is 1. The quantitative estimate of drug-likeness (QED) is 0.713. The summed E-state index contributed by atoms with van der Waals surface area (Å²) in [6.45, 7) is 2.60. The highest BCUT2D eigenvalue weighted by atomic mass is 32.2. The Kier molecular flexibility index (Phi) is 6.01. The third-order valence-electron chi connectivity index (χ3n) is 3.88. The van der Waals surface area contributed by atoms with Crippen molar-refractivity contribution in [2.75, 3.05) is 12.4 Å². The molecule has 2 N–H and O–H groups in total. The van der Waals surface area contributed by atoms with E-state index < -0.39 is 22.0 Å². The van der Waals surface area contributed by atoms with E-state index in [4.69, 9.17) is 9.84 Å². The smallest absolute Gasteiger partial charge is 0.321 e. The molecule has 0 bridgehead atoms. The Morgan fingerprint density at radius 3 is 2.91 bits per heavy atom. The molecule has 1 aromatic rings. The van der Waals surface area contributed by atoms with E-state index in [-0.39, 0.29) is 5.75 Å². The molecule has 0 amide bonds. The average molecular weight is 341 g/mol. The number of unbranched alkanes of at least 4 members (excludes halogenated alkanes) is 1. The Morgan fingerprint density at radius 1 is 1.43 bits per heavy atom. The van der Waals surface area contributed by atoms with E-state index in [2.05, 4.69) is 4.72 Å². The lowest BCUT2D eigenvalue weighted by atomic mass is 10.1. The maximum atomic E-state index is 12.1. The summed E-state index contributed by atoms with van der Waals surface area (Å²) >= 11 is 0.